The van der Waals surface area contributed by atoms with Crippen molar-refractivity contribution < 1.29 is 4.79 Å². The Morgan fingerprint density at radius 2 is 2.50 bits per heavy atom. The maximum absolute atomic E-state index is 10.7. The van der Waals surface area contributed by atoms with E-state index in [0.717, 1.165) is 5.69 Å². The van der Waals surface area contributed by atoms with Gasteiger partial charge in [0, 0.05) is 6.92 Å². The molecule has 1 aromatic rings. The summed E-state index contributed by atoms with van der Waals surface area (Å²) in [5.41, 5.74) is 0.826. The van der Waals surface area contributed by atoms with E-state index >= 15 is 0 Å². The van der Waals surface area contributed by atoms with Gasteiger partial charge in [0.05, 0.1) is 18.8 Å². The molecule has 76 valence electrons. The highest BCUT2D eigenvalue weighted by atomic mass is 16.1. The maximum atomic E-state index is 10.7. The number of amides is 1. The molecule has 1 N–H and O–H groups in total. The molecule has 1 fully saturated rings. The Morgan fingerprint density at radius 1 is 1.71 bits per heavy atom. The first kappa shape index (κ1) is 9.18. The fourth-order valence-corrected chi connectivity index (χ4v) is 1.44. The zero-order valence-electron chi connectivity index (χ0n) is 8.23. The molecule has 14 heavy (non-hydrogen) atoms. The van der Waals surface area contributed by atoms with Crippen molar-refractivity contribution in [2.75, 3.05) is 0 Å². The highest BCUT2D eigenvalue weighted by Crippen LogP contribution is 2.30. The van der Waals surface area contributed by atoms with Crippen LogP contribution in [0.3, 0.4) is 0 Å². The highest BCUT2D eigenvalue weighted by molar-refractivity contribution is 5.72. The molecule has 0 unspecified atom stereocenters. The summed E-state index contributed by atoms with van der Waals surface area (Å²) in [4.78, 5) is 10.7. The predicted octanol–water partition coefficient (Wildman–Crippen LogP) is 0.639. The van der Waals surface area contributed by atoms with Crippen molar-refractivity contribution in [2.24, 2.45) is 0 Å². The molecule has 0 radical (unpaired) electrons. The molecule has 1 aliphatic carbocycles. The van der Waals surface area contributed by atoms with E-state index in [9.17, 15) is 4.79 Å². The third-order valence-electron chi connectivity index (χ3n) is 2.53. The van der Waals surface area contributed by atoms with Gasteiger partial charge in [0.1, 0.15) is 5.69 Å². The number of nitrogens with one attached hydrogen (secondary N) is 1. The lowest BCUT2D eigenvalue weighted by Gasteiger charge is -2.24. The van der Waals surface area contributed by atoms with Crippen LogP contribution < -0.4 is 5.32 Å². The third-order valence-corrected chi connectivity index (χ3v) is 2.53. The van der Waals surface area contributed by atoms with Crippen molar-refractivity contribution in [2.45, 2.75) is 38.8 Å². The molecule has 2 rings (SSSR count). The average molecular weight is 194 g/mol. The second-order valence-corrected chi connectivity index (χ2v) is 3.68. The second kappa shape index (κ2) is 3.77. The molecule has 0 saturated heterocycles. The highest BCUT2D eigenvalue weighted by Gasteiger charge is 2.20. The second-order valence-electron chi connectivity index (χ2n) is 3.68. The third kappa shape index (κ3) is 1.92. The van der Waals surface area contributed by atoms with E-state index in [1.165, 1.54) is 26.2 Å². The quantitative estimate of drug-likeness (QED) is 0.768. The first-order chi connectivity index (χ1) is 6.75. The van der Waals surface area contributed by atoms with E-state index in [0.29, 0.717) is 12.6 Å². The molecule has 5 nitrogen and oxygen atoms in total. The number of rotatable bonds is 3. The van der Waals surface area contributed by atoms with Gasteiger partial charge in [0.25, 0.3) is 0 Å². The Kier molecular flexibility index (Phi) is 2.47. The van der Waals surface area contributed by atoms with Crippen molar-refractivity contribution in [1.29, 1.82) is 0 Å². The summed E-state index contributed by atoms with van der Waals surface area (Å²) in [6.07, 6.45) is 5.59. The summed E-state index contributed by atoms with van der Waals surface area (Å²) in [7, 11) is 0. The van der Waals surface area contributed by atoms with Gasteiger partial charge in [-0.15, -0.1) is 5.10 Å². The number of hydrogen-bond acceptors (Lipinski definition) is 3. The standard InChI is InChI=1S/C9H14N4O/c1-7(14)10-5-8-6-13(12-11-8)9-3-2-4-9/h6,9H,2-5H2,1H3,(H,10,14). The Bertz CT molecular complexity index is 329. The van der Waals surface area contributed by atoms with Crippen LogP contribution in [0.1, 0.15) is 37.9 Å². The van der Waals surface area contributed by atoms with E-state index < -0.39 is 0 Å². The molecule has 0 bridgehead atoms. The van der Waals surface area contributed by atoms with Gasteiger partial charge in [0.2, 0.25) is 5.91 Å². The van der Waals surface area contributed by atoms with Crippen molar-refractivity contribution in [3.63, 3.8) is 0 Å². The normalized spacial score (nSPS) is 16.4. The molecule has 5 heteroatoms. The van der Waals surface area contributed by atoms with Gasteiger partial charge in [-0.2, -0.15) is 0 Å². The molecule has 1 amide bonds. The van der Waals surface area contributed by atoms with Gasteiger partial charge < -0.3 is 5.32 Å². The van der Waals surface area contributed by atoms with Crippen molar-refractivity contribution in [3.8, 4) is 0 Å². The number of hydrogen-bond donors (Lipinski definition) is 1. The lowest BCUT2D eigenvalue weighted by molar-refractivity contribution is -0.119. The topological polar surface area (TPSA) is 59.8 Å². The SMILES string of the molecule is CC(=O)NCc1cn(C2CCC2)nn1. The van der Waals surface area contributed by atoms with Gasteiger partial charge in [-0.1, -0.05) is 5.21 Å². The molecular weight excluding hydrogens is 180 g/mol. The molecule has 0 spiro atoms. The van der Waals surface area contributed by atoms with Crippen molar-refractivity contribution >= 4 is 5.91 Å². The van der Waals surface area contributed by atoms with Gasteiger partial charge >= 0.3 is 0 Å². The van der Waals surface area contributed by atoms with E-state index in [2.05, 4.69) is 15.6 Å². The zero-order valence-corrected chi connectivity index (χ0v) is 8.23. The number of aromatic nitrogens is 3. The maximum Gasteiger partial charge on any atom is 0.217 e. The smallest absolute Gasteiger partial charge is 0.217 e. The van der Waals surface area contributed by atoms with Crippen LogP contribution in [0.15, 0.2) is 6.20 Å². The summed E-state index contributed by atoms with van der Waals surface area (Å²) in [5, 5.41) is 10.7. The summed E-state index contributed by atoms with van der Waals surface area (Å²) in [5.74, 6) is -0.0387. The monoisotopic (exact) mass is 194 g/mol. The predicted molar refractivity (Wildman–Crippen MR) is 50.4 cm³/mol. The van der Waals surface area contributed by atoms with Crippen LogP contribution in [0.25, 0.3) is 0 Å². The summed E-state index contributed by atoms with van der Waals surface area (Å²) in [6, 6.07) is 0.536. The largest absolute Gasteiger partial charge is 0.351 e. The Labute approximate surface area is 82.5 Å². The lowest BCUT2D eigenvalue weighted by Crippen LogP contribution is -2.19. The Morgan fingerprint density at radius 3 is 3.07 bits per heavy atom. The minimum absolute atomic E-state index is 0.0387. The minimum Gasteiger partial charge on any atom is -0.351 e. The van der Waals surface area contributed by atoms with Crippen LogP contribution in [-0.2, 0) is 11.3 Å². The van der Waals surface area contributed by atoms with E-state index in [-0.39, 0.29) is 5.91 Å². The molecule has 1 heterocycles. The average Bonchev–Trinajstić information content (AvgIpc) is 2.46. The van der Waals surface area contributed by atoms with E-state index in [1.807, 2.05) is 10.9 Å². The van der Waals surface area contributed by atoms with Crippen LogP contribution in [0.5, 0.6) is 0 Å². The minimum atomic E-state index is -0.0387. The van der Waals surface area contributed by atoms with Crippen LogP contribution in [0.4, 0.5) is 0 Å². The van der Waals surface area contributed by atoms with Crippen molar-refractivity contribution in [3.05, 3.63) is 11.9 Å². The summed E-state index contributed by atoms with van der Waals surface area (Å²) < 4.78 is 1.90. The summed E-state index contributed by atoms with van der Waals surface area (Å²) in [6.45, 7) is 1.97. The van der Waals surface area contributed by atoms with Gasteiger partial charge in [0.15, 0.2) is 0 Å². The number of carbonyl (C=O) groups excluding carboxylic acids is 1. The van der Waals surface area contributed by atoms with Gasteiger partial charge in [-0.3, -0.25) is 4.79 Å². The van der Waals surface area contributed by atoms with Gasteiger partial charge in [-0.25, -0.2) is 4.68 Å². The number of carbonyl (C=O) groups is 1. The van der Waals surface area contributed by atoms with Crippen LogP contribution in [0.2, 0.25) is 0 Å². The fourth-order valence-electron chi connectivity index (χ4n) is 1.44. The zero-order chi connectivity index (χ0) is 9.97. The molecular formula is C9H14N4O. The van der Waals surface area contributed by atoms with Crippen LogP contribution >= 0.6 is 0 Å². The summed E-state index contributed by atoms with van der Waals surface area (Å²) >= 11 is 0. The van der Waals surface area contributed by atoms with Crippen LogP contribution in [-0.4, -0.2) is 20.9 Å². The molecule has 1 aliphatic rings. The first-order valence-electron chi connectivity index (χ1n) is 4.91. The van der Waals surface area contributed by atoms with Crippen LogP contribution in [0, 0.1) is 0 Å². The van der Waals surface area contributed by atoms with E-state index in [4.69, 9.17) is 0 Å². The molecule has 0 aliphatic heterocycles. The lowest BCUT2D eigenvalue weighted by atomic mass is 9.93. The first-order valence-corrected chi connectivity index (χ1v) is 4.91. The Balaban J connectivity index is 1.92. The number of nitrogens with zero attached hydrogens (tertiary/aromatic N) is 3. The Hall–Kier alpha value is -1.39. The molecule has 0 aromatic carbocycles. The molecule has 1 aromatic heterocycles. The van der Waals surface area contributed by atoms with E-state index in [1.54, 1.807) is 0 Å². The molecule has 0 atom stereocenters. The fraction of sp³-hybridized carbons (Fsp3) is 0.667. The molecule has 1 saturated carbocycles. The van der Waals surface area contributed by atoms with Crippen molar-refractivity contribution in [1.82, 2.24) is 20.3 Å². The van der Waals surface area contributed by atoms with Gasteiger partial charge in [-0.05, 0) is 19.3 Å².